The molecule has 4 heteroatoms. The van der Waals surface area contributed by atoms with Gasteiger partial charge in [-0.05, 0) is 11.5 Å². The van der Waals surface area contributed by atoms with Crippen LogP contribution in [0.25, 0.3) is 0 Å². The summed E-state index contributed by atoms with van der Waals surface area (Å²) in [6, 6.07) is 1.97. The summed E-state index contributed by atoms with van der Waals surface area (Å²) in [5.74, 6) is -1.36. The molecule has 0 aromatic heterocycles. The van der Waals surface area contributed by atoms with Crippen molar-refractivity contribution in [3.8, 4) is 0 Å². The molecule has 15 heavy (non-hydrogen) atoms. The zero-order chi connectivity index (χ0) is 11.6. The fraction of sp³-hybridized carbons (Fsp3) is 0.455. The lowest BCUT2D eigenvalue weighted by molar-refractivity contribution is 0.443. The Morgan fingerprint density at radius 2 is 1.87 bits per heavy atom. The summed E-state index contributed by atoms with van der Waals surface area (Å²) in [6.45, 7) is 6.66. The predicted molar refractivity (Wildman–Crippen MR) is 58.7 cm³/mol. The molecule has 1 rings (SSSR count). The summed E-state index contributed by atoms with van der Waals surface area (Å²) in [5, 5.41) is 2.93. The molecule has 1 aromatic carbocycles. The van der Waals surface area contributed by atoms with Gasteiger partial charge >= 0.3 is 0 Å². The van der Waals surface area contributed by atoms with Gasteiger partial charge in [0.15, 0.2) is 5.82 Å². The lowest BCUT2D eigenvalue weighted by atomic mass is 9.97. The van der Waals surface area contributed by atoms with Gasteiger partial charge in [-0.2, -0.15) is 0 Å². The van der Waals surface area contributed by atoms with Crippen LogP contribution in [0.3, 0.4) is 0 Å². The highest BCUT2D eigenvalue weighted by molar-refractivity contribution is 5.66. The van der Waals surface area contributed by atoms with E-state index in [1.807, 2.05) is 20.8 Å². The first kappa shape index (κ1) is 11.8. The number of nitrogens with one attached hydrogen (secondary N) is 1. The highest BCUT2D eigenvalue weighted by Crippen LogP contribution is 2.24. The number of benzene rings is 1. The number of hydrogen-bond acceptors (Lipinski definition) is 2. The zero-order valence-corrected chi connectivity index (χ0v) is 9.20. The summed E-state index contributed by atoms with van der Waals surface area (Å²) >= 11 is 0. The lowest BCUT2D eigenvalue weighted by Crippen LogP contribution is -2.19. The molecule has 0 radical (unpaired) electrons. The predicted octanol–water partition coefficient (Wildman–Crippen LogP) is 3.00. The van der Waals surface area contributed by atoms with Gasteiger partial charge in [0.2, 0.25) is 0 Å². The molecule has 0 fully saturated rings. The molecular weight excluding hydrogens is 198 g/mol. The van der Waals surface area contributed by atoms with E-state index in [1.54, 1.807) is 0 Å². The van der Waals surface area contributed by atoms with Crippen molar-refractivity contribution in [3.05, 3.63) is 23.8 Å². The maximum absolute atomic E-state index is 13.1. The van der Waals surface area contributed by atoms with Crippen LogP contribution in [0.2, 0.25) is 0 Å². The van der Waals surface area contributed by atoms with E-state index in [2.05, 4.69) is 5.32 Å². The van der Waals surface area contributed by atoms with Crippen molar-refractivity contribution < 1.29 is 8.78 Å². The van der Waals surface area contributed by atoms with Gasteiger partial charge in [0.05, 0.1) is 11.4 Å². The van der Waals surface area contributed by atoms with Gasteiger partial charge in [-0.25, -0.2) is 8.78 Å². The first-order valence-corrected chi connectivity index (χ1v) is 4.78. The van der Waals surface area contributed by atoms with Gasteiger partial charge < -0.3 is 11.1 Å². The molecule has 0 unspecified atom stereocenters. The van der Waals surface area contributed by atoms with E-state index < -0.39 is 11.6 Å². The molecule has 0 saturated carbocycles. The van der Waals surface area contributed by atoms with Gasteiger partial charge in [0, 0.05) is 12.6 Å². The van der Waals surface area contributed by atoms with Crippen molar-refractivity contribution >= 4 is 11.4 Å². The van der Waals surface area contributed by atoms with Crippen LogP contribution in [0, 0.1) is 17.0 Å². The Labute approximate surface area is 88.5 Å². The van der Waals surface area contributed by atoms with Gasteiger partial charge in [-0.1, -0.05) is 20.8 Å². The minimum absolute atomic E-state index is 0.0230. The Kier molecular flexibility index (Phi) is 3.17. The van der Waals surface area contributed by atoms with Crippen LogP contribution in [0.5, 0.6) is 0 Å². The number of rotatable bonds is 2. The highest BCUT2D eigenvalue weighted by atomic mass is 19.1. The number of nitrogen functional groups attached to an aromatic ring is 1. The second kappa shape index (κ2) is 4.04. The van der Waals surface area contributed by atoms with Gasteiger partial charge in [-0.15, -0.1) is 0 Å². The third-order valence-corrected chi connectivity index (χ3v) is 1.90. The van der Waals surface area contributed by atoms with Crippen LogP contribution in [-0.2, 0) is 0 Å². The SMILES string of the molecule is CC(C)(C)CNc1cc(F)cc(F)c1N. The van der Waals surface area contributed by atoms with Gasteiger partial charge in [-0.3, -0.25) is 0 Å². The van der Waals surface area contributed by atoms with E-state index in [1.165, 1.54) is 6.07 Å². The Morgan fingerprint density at radius 3 is 2.40 bits per heavy atom. The maximum Gasteiger partial charge on any atom is 0.151 e. The Morgan fingerprint density at radius 1 is 1.27 bits per heavy atom. The molecule has 0 amide bonds. The maximum atomic E-state index is 13.1. The van der Waals surface area contributed by atoms with E-state index in [9.17, 15) is 8.78 Å². The van der Waals surface area contributed by atoms with Crippen molar-refractivity contribution in [1.29, 1.82) is 0 Å². The molecule has 3 N–H and O–H groups in total. The molecule has 0 atom stereocenters. The molecule has 84 valence electrons. The Balaban J connectivity index is 2.86. The molecule has 2 nitrogen and oxygen atoms in total. The molecule has 1 aromatic rings. The van der Waals surface area contributed by atoms with Crippen LogP contribution >= 0.6 is 0 Å². The lowest BCUT2D eigenvalue weighted by Gasteiger charge is -2.20. The van der Waals surface area contributed by atoms with Crippen molar-refractivity contribution in [2.24, 2.45) is 5.41 Å². The first-order valence-electron chi connectivity index (χ1n) is 4.78. The van der Waals surface area contributed by atoms with Crippen molar-refractivity contribution in [2.75, 3.05) is 17.6 Å². The second-order valence-electron chi connectivity index (χ2n) is 4.76. The molecular formula is C11H16F2N2. The van der Waals surface area contributed by atoms with E-state index in [-0.39, 0.29) is 11.1 Å². The third-order valence-electron chi connectivity index (χ3n) is 1.90. The second-order valence-corrected chi connectivity index (χ2v) is 4.76. The van der Waals surface area contributed by atoms with Crippen molar-refractivity contribution in [2.45, 2.75) is 20.8 Å². The van der Waals surface area contributed by atoms with Crippen LogP contribution in [-0.4, -0.2) is 6.54 Å². The van der Waals surface area contributed by atoms with Crippen LogP contribution in [0.4, 0.5) is 20.2 Å². The van der Waals surface area contributed by atoms with Crippen LogP contribution in [0.15, 0.2) is 12.1 Å². The van der Waals surface area contributed by atoms with E-state index in [4.69, 9.17) is 5.73 Å². The third kappa shape index (κ3) is 3.38. The molecule has 0 aliphatic rings. The largest absolute Gasteiger partial charge is 0.395 e. The Hall–Kier alpha value is -1.32. The summed E-state index contributed by atoms with van der Waals surface area (Å²) in [5.41, 5.74) is 5.77. The Bertz CT molecular complexity index is 356. The number of anilines is 2. The topological polar surface area (TPSA) is 38.0 Å². The summed E-state index contributed by atoms with van der Waals surface area (Å²) < 4.78 is 25.9. The summed E-state index contributed by atoms with van der Waals surface area (Å²) in [4.78, 5) is 0. The van der Waals surface area contributed by atoms with E-state index >= 15 is 0 Å². The molecule has 0 spiro atoms. The number of nitrogens with two attached hydrogens (primary N) is 1. The first-order chi connectivity index (χ1) is 6.79. The average molecular weight is 214 g/mol. The molecule has 0 saturated heterocycles. The number of halogens is 2. The standard InChI is InChI=1S/C11H16F2N2/c1-11(2,3)6-15-9-5-7(12)4-8(13)10(9)14/h4-5,15H,6,14H2,1-3H3. The van der Waals surface area contributed by atoms with Crippen molar-refractivity contribution in [1.82, 2.24) is 0 Å². The van der Waals surface area contributed by atoms with Crippen LogP contribution < -0.4 is 11.1 Å². The minimum Gasteiger partial charge on any atom is -0.395 e. The van der Waals surface area contributed by atoms with E-state index in [0.717, 1.165) is 6.07 Å². The van der Waals surface area contributed by atoms with Gasteiger partial charge in [0.1, 0.15) is 5.82 Å². The molecule has 0 bridgehead atoms. The quantitative estimate of drug-likeness (QED) is 0.743. The summed E-state index contributed by atoms with van der Waals surface area (Å²) in [6.07, 6.45) is 0. The monoisotopic (exact) mass is 214 g/mol. The molecule has 0 aliphatic carbocycles. The fourth-order valence-electron chi connectivity index (χ4n) is 1.09. The highest BCUT2D eigenvalue weighted by Gasteiger charge is 2.12. The summed E-state index contributed by atoms with van der Waals surface area (Å²) in [7, 11) is 0. The normalized spacial score (nSPS) is 11.5. The zero-order valence-electron chi connectivity index (χ0n) is 9.20. The minimum atomic E-state index is -0.730. The number of hydrogen-bond donors (Lipinski definition) is 2. The molecule has 0 aliphatic heterocycles. The smallest absolute Gasteiger partial charge is 0.151 e. The van der Waals surface area contributed by atoms with Crippen molar-refractivity contribution in [3.63, 3.8) is 0 Å². The molecule has 0 heterocycles. The van der Waals surface area contributed by atoms with Gasteiger partial charge in [0.25, 0.3) is 0 Å². The van der Waals surface area contributed by atoms with Crippen LogP contribution in [0.1, 0.15) is 20.8 Å². The average Bonchev–Trinajstić information content (AvgIpc) is 2.07. The fourth-order valence-corrected chi connectivity index (χ4v) is 1.09. The van der Waals surface area contributed by atoms with E-state index in [0.29, 0.717) is 12.2 Å².